The molecule has 12 heteroatoms. The second-order valence-electron chi connectivity index (χ2n) is 7.17. The fraction of sp³-hybridized carbons (Fsp3) is 0.600. The van der Waals surface area contributed by atoms with Gasteiger partial charge in [0.15, 0.2) is 16.1 Å². The highest BCUT2D eigenvalue weighted by Gasteiger charge is 2.34. The van der Waals surface area contributed by atoms with Crippen molar-refractivity contribution in [2.24, 2.45) is 0 Å². The number of anilines is 1. The first-order chi connectivity index (χ1) is 15.4. The van der Waals surface area contributed by atoms with Crippen molar-refractivity contribution in [2.75, 3.05) is 31.2 Å². The van der Waals surface area contributed by atoms with Gasteiger partial charge < -0.3 is 29.8 Å². The number of esters is 1. The number of aromatic nitrogens is 3. The van der Waals surface area contributed by atoms with Crippen molar-refractivity contribution < 1.29 is 24.2 Å². The highest BCUT2D eigenvalue weighted by molar-refractivity contribution is 7.17. The van der Waals surface area contributed by atoms with Gasteiger partial charge in [0, 0.05) is 19.7 Å². The van der Waals surface area contributed by atoms with Gasteiger partial charge in [-0.2, -0.15) is 0 Å². The maximum atomic E-state index is 12.7. The molecule has 0 saturated carbocycles. The van der Waals surface area contributed by atoms with Crippen LogP contribution in [0.3, 0.4) is 0 Å². The number of aromatic amines is 1. The number of carbonyl (C=O) groups excluding carboxylic acids is 2. The molecule has 3 rings (SSSR count). The van der Waals surface area contributed by atoms with Gasteiger partial charge in [0.1, 0.15) is 4.88 Å². The van der Waals surface area contributed by atoms with Crippen LogP contribution in [0.15, 0.2) is 0 Å². The number of hydrogen-bond acceptors (Lipinski definition) is 9. The lowest BCUT2D eigenvalue weighted by Crippen LogP contribution is -2.55. The molecule has 32 heavy (non-hydrogen) atoms. The molecular formula is C20H28ClN5O5S. The number of imidazole rings is 1. The smallest absolute Gasteiger partial charge is 0.350 e. The van der Waals surface area contributed by atoms with Crippen LogP contribution in [0.25, 0.3) is 0 Å². The number of amides is 1. The summed E-state index contributed by atoms with van der Waals surface area (Å²) in [6.07, 6.45) is 0.964. The Labute approximate surface area is 195 Å². The van der Waals surface area contributed by atoms with E-state index in [-0.39, 0.29) is 37.1 Å². The number of ether oxygens (including phenoxy) is 2. The molecule has 2 aromatic heterocycles. The maximum Gasteiger partial charge on any atom is 0.350 e. The van der Waals surface area contributed by atoms with E-state index >= 15 is 0 Å². The average molecular weight is 486 g/mol. The molecule has 0 bridgehead atoms. The first-order valence-corrected chi connectivity index (χ1v) is 11.8. The molecule has 10 nitrogen and oxygen atoms in total. The Hall–Kier alpha value is -2.21. The Balaban J connectivity index is 1.72. The number of nitrogens with zero attached hydrogens (tertiary/aromatic N) is 3. The largest absolute Gasteiger partial charge is 0.462 e. The number of halogens is 1. The number of carbonyl (C=O) groups is 2. The van der Waals surface area contributed by atoms with E-state index in [1.54, 1.807) is 6.92 Å². The summed E-state index contributed by atoms with van der Waals surface area (Å²) in [5, 5.41) is 13.5. The van der Waals surface area contributed by atoms with Crippen molar-refractivity contribution >= 4 is 39.9 Å². The van der Waals surface area contributed by atoms with Crippen LogP contribution in [0, 0.1) is 0 Å². The summed E-state index contributed by atoms with van der Waals surface area (Å²) in [6, 6.07) is -0.227. The molecule has 0 radical (unpaired) electrons. The molecule has 0 unspecified atom stereocenters. The molecule has 176 valence electrons. The summed E-state index contributed by atoms with van der Waals surface area (Å²) in [5.41, 5.74) is 1.02. The van der Waals surface area contributed by atoms with Gasteiger partial charge in [0.05, 0.1) is 36.7 Å². The van der Waals surface area contributed by atoms with E-state index in [4.69, 9.17) is 21.1 Å². The molecule has 1 aliphatic rings. The number of nitrogens with one attached hydrogen (secondary N) is 2. The first kappa shape index (κ1) is 24.4. The van der Waals surface area contributed by atoms with Gasteiger partial charge in [-0.05, 0) is 26.7 Å². The van der Waals surface area contributed by atoms with Crippen LogP contribution >= 0.6 is 22.9 Å². The van der Waals surface area contributed by atoms with E-state index in [9.17, 15) is 14.7 Å². The zero-order valence-electron chi connectivity index (χ0n) is 18.3. The van der Waals surface area contributed by atoms with Gasteiger partial charge in [0.2, 0.25) is 0 Å². The molecule has 1 fully saturated rings. The highest BCUT2D eigenvalue weighted by Crippen LogP contribution is 2.30. The number of H-pyrrole nitrogens is 1. The summed E-state index contributed by atoms with van der Waals surface area (Å²) in [4.78, 5) is 38.7. The number of hydrogen-bond donors (Lipinski definition) is 3. The molecule has 2 aromatic rings. The van der Waals surface area contributed by atoms with Crippen molar-refractivity contribution in [1.82, 2.24) is 20.3 Å². The lowest BCUT2D eigenvalue weighted by molar-refractivity contribution is 0.0271. The van der Waals surface area contributed by atoms with Crippen LogP contribution in [-0.2, 0) is 22.5 Å². The topological polar surface area (TPSA) is 130 Å². The summed E-state index contributed by atoms with van der Waals surface area (Å²) >= 11 is 7.24. The third-order valence-corrected chi connectivity index (χ3v) is 6.57. The molecule has 3 N–H and O–H groups in total. The highest BCUT2D eigenvalue weighted by atomic mass is 35.5. The Morgan fingerprint density at radius 1 is 1.31 bits per heavy atom. The Morgan fingerprint density at radius 3 is 2.72 bits per heavy atom. The van der Waals surface area contributed by atoms with E-state index < -0.39 is 5.97 Å². The van der Waals surface area contributed by atoms with E-state index in [2.05, 4.69) is 20.3 Å². The summed E-state index contributed by atoms with van der Waals surface area (Å²) in [7, 11) is 0. The third-order valence-electron chi connectivity index (χ3n) is 5.12. The SMILES string of the molecule is CCOC(=O)c1sc(N2CC[C@H](NC(=O)c3nc(Cl)c(CC)[nH]3)[C@H](OCC)C2)nc1CO. The number of thiazole rings is 1. The minimum atomic E-state index is -0.493. The summed E-state index contributed by atoms with van der Waals surface area (Å²) < 4.78 is 11.0. The molecular weight excluding hydrogens is 458 g/mol. The molecule has 0 spiro atoms. The predicted molar refractivity (Wildman–Crippen MR) is 120 cm³/mol. The van der Waals surface area contributed by atoms with Crippen molar-refractivity contribution in [3.8, 4) is 0 Å². The van der Waals surface area contributed by atoms with Gasteiger partial charge in [-0.3, -0.25) is 4.79 Å². The van der Waals surface area contributed by atoms with Crippen LogP contribution in [-0.4, -0.2) is 70.4 Å². The predicted octanol–water partition coefficient (Wildman–Crippen LogP) is 2.16. The number of rotatable bonds is 9. The zero-order chi connectivity index (χ0) is 23.3. The zero-order valence-corrected chi connectivity index (χ0v) is 19.9. The van der Waals surface area contributed by atoms with E-state index in [1.807, 2.05) is 18.7 Å². The van der Waals surface area contributed by atoms with Crippen molar-refractivity contribution in [3.05, 3.63) is 27.2 Å². The van der Waals surface area contributed by atoms with Crippen molar-refractivity contribution in [2.45, 2.75) is 52.4 Å². The van der Waals surface area contributed by atoms with E-state index in [0.29, 0.717) is 59.1 Å². The first-order valence-electron chi connectivity index (χ1n) is 10.6. The molecule has 1 amide bonds. The fourth-order valence-corrected chi connectivity index (χ4v) is 4.81. The van der Waals surface area contributed by atoms with E-state index in [0.717, 1.165) is 0 Å². The lowest BCUT2D eigenvalue weighted by Gasteiger charge is -2.38. The maximum absolute atomic E-state index is 12.7. The Kier molecular flexibility index (Phi) is 8.46. The van der Waals surface area contributed by atoms with Gasteiger partial charge in [-0.25, -0.2) is 14.8 Å². The third kappa shape index (κ3) is 5.40. The van der Waals surface area contributed by atoms with Gasteiger partial charge in [0.25, 0.3) is 5.91 Å². The fourth-order valence-electron chi connectivity index (χ4n) is 3.54. The van der Waals surface area contributed by atoms with Crippen molar-refractivity contribution in [3.63, 3.8) is 0 Å². The average Bonchev–Trinajstić information content (AvgIpc) is 3.38. The minimum absolute atomic E-state index is 0.177. The number of aliphatic hydroxyl groups is 1. The van der Waals surface area contributed by atoms with Crippen molar-refractivity contribution in [1.29, 1.82) is 0 Å². The van der Waals surface area contributed by atoms with Crippen LogP contribution in [0.5, 0.6) is 0 Å². The molecule has 1 saturated heterocycles. The van der Waals surface area contributed by atoms with Crippen LogP contribution in [0.1, 0.15) is 58.9 Å². The molecule has 0 aromatic carbocycles. The second-order valence-corrected chi connectivity index (χ2v) is 8.50. The van der Waals surface area contributed by atoms with Gasteiger partial charge in [-0.1, -0.05) is 29.9 Å². The van der Waals surface area contributed by atoms with Crippen LogP contribution in [0.4, 0.5) is 5.13 Å². The monoisotopic (exact) mass is 485 g/mol. The molecule has 3 heterocycles. The quantitative estimate of drug-likeness (QED) is 0.461. The number of piperidine rings is 1. The lowest BCUT2D eigenvalue weighted by atomic mass is 10.0. The normalized spacial score (nSPS) is 18.6. The summed E-state index contributed by atoms with van der Waals surface area (Å²) in [5.74, 6) is -0.653. The van der Waals surface area contributed by atoms with Crippen LogP contribution < -0.4 is 10.2 Å². The van der Waals surface area contributed by atoms with Gasteiger partial charge >= 0.3 is 5.97 Å². The van der Waals surface area contributed by atoms with Crippen LogP contribution in [0.2, 0.25) is 5.15 Å². The summed E-state index contributed by atoms with van der Waals surface area (Å²) in [6.45, 7) is 6.98. The standard InChI is InChI=1S/C20H28ClN5O5S/c1-4-11-16(21)25-17(22-11)18(28)23-12-7-8-26(9-14(12)30-5-2)20-24-13(10-27)15(32-20)19(29)31-6-3/h12,14,27H,4-10H2,1-3H3,(H,22,25)(H,23,28)/t12-,14+/m0/s1. The van der Waals surface area contributed by atoms with Gasteiger partial charge in [-0.15, -0.1) is 0 Å². The second kappa shape index (κ2) is 11.1. The number of aliphatic hydroxyl groups excluding tert-OH is 1. The molecule has 0 aliphatic carbocycles. The van der Waals surface area contributed by atoms with E-state index in [1.165, 1.54) is 11.3 Å². The Bertz CT molecular complexity index is 949. The minimum Gasteiger partial charge on any atom is -0.462 e. The molecule has 1 aliphatic heterocycles. The molecule has 2 atom stereocenters. The number of aryl methyl sites for hydroxylation is 1. The Morgan fingerprint density at radius 2 is 2.09 bits per heavy atom.